The molecule has 2 aliphatic carbocycles. The van der Waals surface area contributed by atoms with Crippen molar-refractivity contribution in [2.45, 2.75) is 38.5 Å². The average molecular weight is 454 g/mol. The first kappa shape index (κ1) is 26.4. The van der Waals surface area contributed by atoms with Crippen LogP contribution < -0.4 is 16.4 Å². The van der Waals surface area contributed by atoms with Gasteiger partial charge in [0.05, 0.1) is 39.6 Å². The van der Waals surface area contributed by atoms with E-state index < -0.39 is 0 Å². The summed E-state index contributed by atoms with van der Waals surface area (Å²) in [5.41, 5.74) is 5.19. The predicted molar refractivity (Wildman–Crippen MR) is 120 cm³/mol. The lowest BCUT2D eigenvalue weighted by atomic mass is 10.1. The Balaban J connectivity index is 1.28. The van der Waals surface area contributed by atoms with Crippen molar-refractivity contribution < 1.29 is 28.5 Å². The number of carbonyl (C=O) groups is 2. The number of ether oxygens (including phenoxy) is 4. The molecule has 182 valence electrons. The smallest absolute Gasteiger partial charge is 0.407 e. The summed E-state index contributed by atoms with van der Waals surface area (Å²) in [6, 6.07) is 0. The molecule has 2 amide bonds. The van der Waals surface area contributed by atoms with Crippen LogP contribution in [0.15, 0.2) is 0 Å². The van der Waals surface area contributed by atoms with E-state index >= 15 is 0 Å². The Hall–Kier alpha value is -1.86. The van der Waals surface area contributed by atoms with Gasteiger partial charge in [-0.25, -0.2) is 4.79 Å². The predicted octanol–water partition coefficient (Wildman–Crippen LogP) is 1.06. The minimum atomic E-state index is -0.342. The molecule has 0 bridgehead atoms. The first-order valence-electron chi connectivity index (χ1n) is 11.8. The molecule has 0 aromatic carbocycles. The zero-order valence-electron chi connectivity index (χ0n) is 19.1. The van der Waals surface area contributed by atoms with E-state index in [1.54, 1.807) is 0 Å². The van der Waals surface area contributed by atoms with Crippen molar-refractivity contribution in [1.82, 2.24) is 10.6 Å². The van der Waals surface area contributed by atoms with Crippen molar-refractivity contribution >= 4 is 12.0 Å². The second-order valence-corrected chi connectivity index (χ2v) is 8.05. The molecule has 1 unspecified atom stereocenters. The van der Waals surface area contributed by atoms with Crippen LogP contribution in [-0.4, -0.2) is 77.9 Å². The number of amides is 2. The van der Waals surface area contributed by atoms with E-state index in [0.29, 0.717) is 77.1 Å². The van der Waals surface area contributed by atoms with Gasteiger partial charge in [-0.15, -0.1) is 11.8 Å². The maximum Gasteiger partial charge on any atom is 0.407 e. The second kappa shape index (κ2) is 16.7. The third kappa shape index (κ3) is 11.7. The molecule has 32 heavy (non-hydrogen) atoms. The SMILES string of the molecule is NCC(=O)NCCCOCCOCCOCCCNC(=O)OCC1[C@H]2CCC#CCC[C@@H]12. The van der Waals surface area contributed by atoms with Gasteiger partial charge >= 0.3 is 6.09 Å². The van der Waals surface area contributed by atoms with Gasteiger partial charge in [0.1, 0.15) is 0 Å². The monoisotopic (exact) mass is 453 g/mol. The number of alkyl carbamates (subject to hydrolysis) is 1. The molecule has 9 heteroatoms. The van der Waals surface area contributed by atoms with Crippen LogP contribution in [0.2, 0.25) is 0 Å². The van der Waals surface area contributed by atoms with Crippen LogP contribution in [0.25, 0.3) is 0 Å². The Morgan fingerprint density at radius 2 is 1.34 bits per heavy atom. The van der Waals surface area contributed by atoms with Gasteiger partial charge in [-0.3, -0.25) is 4.79 Å². The van der Waals surface area contributed by atoms with Crippen LogP contribution in [0.4, 0.5) is 4.79 Å². The molecule has 4 N–H and O–H groups in total. The van der Waals surface area contributed by atoms with E-state index in [2.05, 4.69) is 22.5 Å². The average Bonchev–Trinajstić information content (AvgIpc) is 3.43. The van der Waals surface area contributed by atoms with Gasteiger partial charge in [0.25, 0.3) is 0 Å². The van der Waals surface area contributed by atoms with E-state index in [-0.39, 0.29) is 18.5 Å². The van der Waals surface area contributed by atoms with Crippen molar-refractivity contribution in [2.24, 2.45) is 23.5 Å². The maximum atomic E-state index is 11.8. The van der Waals surface area contributed by atoms with Crippen molar-refractivity contribution in [3.8, 4) is 11.8 Å². The number of rotatable bonds is 17. The molecule has 0 aromatic rings. The number of hydrogen-bond acceptors (Lipinski definition) is 7. The second-order valence-electron chi connectivity index (χ2n) is 8.05. The van der Waals surface area contributed by atoms with Gasteiger partial charge < -0.3 is 35.3 Å². The fourth-order valence-electron chi connectivity index (χ4n) is 3.89. The van der Waals surface area contributed by atoms with E-state index in [4.69, 9.17) is 24.7 Å². The quantitative estimate of drug-likeness (QED) is 0.222. The van der Waals surface area contributed by atoms with Gasteiger partial charge in [-0.2, -0.15) is 0 Å². The van der Waals surface area contributed by atoms with Crippen LogP contribution >= 0.6 is 0 Å². The van der Waals surface area contributed by atoms with Crippen LogP contribution in [0, 0.1) is 29.6 Å². The molecule has 0 spiro atoms. The Labute approximate surface area is 191 Å². The van der Waals surface area contributed by atoms with Gasteiger partial charge in [0.2, 0.25) is 5.91 Å². The summed E-state index contributed by atoms with van der Waals surface area (Å²) < 4.78 is 21.7. The number of fused-ring (bicyclic) bond motifs is 1. The number of nitrogens with two attached hydrogens (primary N) is 1. The highest BCUT2D eigenvalue weighted by Gasteiger charge is 2.49. The molecule has 0 radical (unpaired) electrons. The van der Waals surface area contributed by atoms with Gasteiger partial charge in [-0.1, -0.05) is 0 Å². The maximum absolute atomic E-state index is 11.8. The van der Waals surface area contributed by atoms with Gasteiger partial charge in [-0.05, 0) is 43.4 Å². The molecular weight excluding hydrogens is 414 g/mol. The topological polar surface area (TPSA) is 121 Å². The van der Waals surface area contributed by atoms with Gasteiger partial charge in [0.15, 0.2) is 0 Å². The lowest BCUT2D eigenvalue weighted by molar-refractivity contribution is -0.119. The molecule has 2 rings (SSSR count). The number of carbonyl (C=O) groups excluding carboxylic acids is 2. The van der Waals surface area contributed by atoms with Crippen molar-refractivity contribution in [1.29, 1.82) is 0 Å². The summed E-state index contributed by atoms with van der Waals surface area (Å²) in [7, 11) is 0. The molecule has 1 saturated carbocycles. The standard InChI is InChI=1S/C23H39N3O6/c24-17-22(27)25-9-5-11-29-13-15-31-16-14-30-12-6-10-26-23(28)32-18-21-19-7-3-1-2-4-8-20(19)21/h19-21H,3-18,24H2,(H,25,27)(H,26,28)/t19-,20+,21?. The molecule has 2 aliphatic rings. The molecule has 1 fully saturated rings. The number of hydrogen-bond donors (Lipinski definition) is 3. The third-order valence-electron chi connectivity index (χ3n) is 5.70. The van der Waals surface area contributed by atoms with Crippen LogP contribution in [0.5, 0.6) is 0 Å². The summed E-state index contributed by atoms with van der Waals surface area (Å²) in [6.45, 7) is 4.76. The fraction of sp³-hybridized carbons (Fsp3) is 0.826. The summed E-state index contributed by atoms with van der Waals surface area (Å²) in [5.74, 6) is 8.13. The van der Waals surface area contributed by atoms with E-state index in [1.165, 1.54) is 0 Å². The lowest BCUT2D eigenvalue weighted by Crippen LogP contribution is -2.31. The van der Waals surface area contributed by atoms with Gasteiger partial charge in [0, 0.05) is 39.1 Å². The highest BCUT2D eigenvalue weighted by atomic mass is 16.6. The van der Waals surface area contributed by atoms with Crippen molar-refractivity contribution in [3.63, 3.8) is 0 Å². The Bertz CT molecular complexity index is 588. The van der Waals surface area contributed by atoms with Crippen LogP contribution in [-0.2, 0) is 23.7 Å². The Kier molecular flexibility index (Phi) is 13.8. The summed E-state index contributed by atoms with van der Waals surface area (Å²) in [5, 5.41) is 5.46. The zero-order valence-corrected chi connectivity index (χ0v) is 19.1. The summed E-state index contributed by atoms with van der Waals surface area (Å²) in [4.78, 5) is 22.8. The van der Waals surface area contributed by atoms with Crippen molar-refractivity contribution in [2.75, 3.05) is 65.9 Å². The molecule has 0 heterocycles. The van der Waals surface area contributed by atoms with Crippen molar-refractivity contribution in [3.05, 3.63) is 0 Å². The largest absolute Gasteiger partial charge is 0.449 e. The van der Waals surface area contributed by atoms with E-state index in [0.717, 1.165) is 38.5 Å². The number of nitrogens with one attached hydrogen (secondary N) is 2. The normalized spacial score (nSPS) is 21.3. The molecular formula is C23H39N3O6. The van der Waals surface area contributed by atoms with Crippen LogP contribution in [0.1, 0.15) is 38.5 Å². The summed E-state index contributed by atoms with van der Waals surface area (Å²) in [6.07, 6.45) is 5.35. The molecule has 0 aliphatic heterocycles. The fourth-order valence-corrected chi connectivity index (χ4v) is 3.89. The van der Waals surface area contributed by atoms with Crippen LogP contribution in [0.3, 0.4) is 0 Å². The lowest BCUT2D eigenvalue weighted by Gasteiger charge is -2.08. The third-order valence-corrected chi connectivity index (χ3v) is 5.70. The summed E-state index contributed by atoms with van der Waals surface area (Å²) >= 11 is 0. The van der Waals surface area contributed by atoms with E-state index in [9.17, 15) is 9.59 Å². The highest BCUT2D eigenvalue weighted by molar-refractivity contribution is 5.77. The molecule has 3 atom stereocenters. The minimum absolute atomic E-state index is 0.0116. The zero-order chi connectivity index (χ0) is 22.9. The molecule has 9 nitrogen and oxygen atoms in total. The molecule has 0 aromatic heterocycles. The minimum Gasteiger partial charge on any atom is -0.449 e. The van der Waals surface area contributed by atoms with E-state index in [1.807, 2.05) is 0 Å². The highest BCUT2D eigenvalue weighted by Crippen LogP contribution is 2.52. The first-order chi connectivity index (χ1) is 15.7. The Morgan fingerprint density at radius 3 is 1.91 bits per heavy atom. The Morgan fingerprint density at radius 1 is 0.812 bits per heavy atom. The first-order valence-corrected chi connectivity index (χ1v) is 11.8. The molecule has 0 saturated heterocycles.